The summed E-state index contributed by atoms with van der Waals surface area (Å²) in [7, 11) is 0. The topological polar surface area (TPSA) is 13.1 Å². The summed E-state index contributed by atoms with van der Waals surface area (Å²) in [5, 5.41) is 9.84. The lowest BCUT2D eigenvalue weighted by molar-refractivity contribution is 0.672. The van der Waals surface area contributed by atoms with Crippen molar-refractivity contribution in [3.63, 3.8) is 0 Å². The Balaban J connectivity index is 1.27. The van der Waals surface area contributed by atoms with Crippen molar-refractivity contribution in [1.29, 1.82) is 0 Å². The molecule has 0 amide bonds. The van der Waals surface area contributed by atoms with Crippen molar-refractivity contribution in [2.75, 3.05) is 0 Å². The lowest BCUT2D eigenvalue weighted by Crippen LogP contribution is -2.40. The van der Waals surface area contributed by atoms with E-state index in [4.69, 9.17) is 4.42 Å². The van der Waals surface area contributed by atoms with E-state index in [2.05, 4.69) is 170 Å². The highest BCUT2D eigenvalue weighted by Crippen LogP contribution is 2.44. The number of allylic oxidation sites excluding steroid dienone is 4. The molecule has 47 heavy (non-hydrogen) atoms. The summed E-state index contributed by atoms with van der Waals surface area (Å²) < 4.78 is 6.64. The van der Waals surface area contributed by atoms with Crippen molar-refractivity contribution in [2.45, 2.75) is 0 Å². The zero-order chi connectivity index (χ0) is 30.9. The van der Waals surface area contributed by atoms with Gasteiger partial charge >= 0.3 is 0 Å². The zero-order valence-electron chi connectivity index (χ0n) is 25.7. The maximum Gasteiger partial charge on any atom is 0.143 e. The van der Waals surface area contributed by atoms with Crippen LogP contribution in [-0.2, 0) is 0 Å². The van der Waals surface area contributed by atoms with Gasteiger partial charge in [-0.15, -0.1) is 0 Å². The molecule has 0 fully saturated rings. The number of hydrogen-bond acceptors (Lipinski definition) is 1. The second kappa shape index (κ2) is 10.3. The molecule has 2 unspecified atom stereocenters. The molecule has 1 nitrogen and oxygen atoms in total. The summed E-state index contributed by atoms with van der Waals surface area (Å²) >= 11 is 0. The second-order valence-electron chi connectivity index (χ2n) is 12.8. The molecule has 0 spiro atoms. The smallest absolute Gasteiger partial charge is 0.143 e. The number of furan rings is 1. The van der Waals surface area contributed by atoms with Crippen LogP contribution in [0.15, 0.2) is 174 Å². The van der Waals surface area contributed by atoms with Gasteiger partial charge in [0.1, 0.15) is 11.2 Å². The van der Waals surface area contributed by atoms with Crippen LogP contribution in [0, 0.1) is 11.8 Å². The predicted octanol–water partition coefficient (Wildman–Crippen LogP) is 10.3. The fraction of sp³-hybridized carbons (Fsp3) is 0.0435. The van der Waals surface area contributed by atoms with Crippen LogP contribution in [0.3, 0.4) is 0 Å². The summed E-state index contributed by atoms with van der Waals surface area (Å²) in [6.07, 6.45) is 9.25. The molecule has 2 atom stereocenters. The van der Waals surface area contributed by atoms with E-state index in [9.17, 15) is 0 Å². The van der Waals surface area contributed by atoms with Crippen LogP contribution in [0.25, 0.3) is 65.8 Å². The first-order valence-corrected chi connectivity index (χ1v) is 16.4. The van der Waals surface area contributed by atoms with Gasteiger partial charge in [-0.25, -0.2) is 0 Å². The van der Waals surface area contributed by atoms with E-state index in [0.29, 0.717) is 0 Å². The summed E-state index contributed by atoms with van der Waals surface area (Å²) in [5.41, 5.74) is 9.66. The van der Waals surface area contributed by atoms with E-state index >= 15 is 0 Å². The van der Waals surface area contributed by atoms with Crippen LogP contribution in [0.4, 0.5) is 0 Å². The SMILES string of the molecule is C1=CC2C(c3ccc4ccc(-c5ccccc5)cc4c3)=c3ccccc3=C(c3cccc4oc5c6ccccc6ccc5c34)C2C=C1. The summed E-state index contributed by atoms with van der Waals surface area (Å²) in [5.74, 6) is 0.390. The predicted molar refractivity (Wildman–Crippen MR) is 197 cm³/mol. The van der Waals surface area contributed by atoms with Crippen LogP contribution in [0.1, 0.15) is 11.1 Å². The fourth-order valence-corrected chi connectivity index (χ4v) is 8.15. The van der Waals surface area contributed by atoms with E-state index in [0.717, 1.165) is 16.6 Å². The molecular weight excluding hydrogens is 569 g/mol. The standard InChI is InChI=1S/C46H30O/c1-2-11-29(12-3-1)32-23-21-30-22-24-33(28-34(30)27-32)43-36-15-6-8-17-38(36)44(39-18-9-7-16-37(39)43)40-19-10-20-42-45(40)41-26-25-31-13-4-5-14-35(31)46(41)47-42/h1-28,36,38H. The van der Waals surface area contributed by atoms with Crippen molar-refractivity contribution in [3.8, 4) is 11.1 Å². The van der Waals surface area contributed by atoms with Crippen LogP contribution in [0.2, 0.25) is 0 Å². The first kappa shape index (κ1) is 26.3. The highest BCUT2D eigenvalue weighted by atomic mass is 16.3. The highest BCUT2D eigenvalue weighted by molar-refractivity contribution is 6.18. The minimum atomic E-state index is 0.187. The molecular formula is C46H30O. The van der Waals surface area contributed by atoms with Gasteiger partial charge in [-0.2, -0.15) is 0 Å². The van der Waals surface area contributed by atoms with Crippen LogP contribution in [-0.4, -0.2) is 0 Å². The van der Waals surface area contributed by atoms with Gasteiger partial charge in [0.15, 0.2) is 0 Å². The van der Waals surface area contributed by atoms with E-state index in [-0.39, 0.29) is 11.8 Å². The molecule has 1 aromatic heterocycles. The fourth-order valence-electron chi connectivity index (χ4n) is 8.15. The second-order valence-corrected chi connectivity index (χ2v) is 12.8. The van der Waals surface area contributed by atoms with Gasteiger partial charge in [-0.3, -0.25) is 0 Å². The van der Waals surface area contributed by atoms with Gasteiger partial charge in [0.2, 0.25) is 0 Å². The van der Waals surface area contributed by atoms with E-state index < -0.39 is 0 Å². The quantitative estimate of drug-likeness (QED) is 0.197. The van der Waals surface area contributed by atoms with Gasteiger partial charge in [-0.1, -0.05) is 146 Å². The molecule has 0 saturated heterocycles. The Labute approximate surface area is 272 Å². The van der Waals surface area contributed by atoms with Crippen molar-refractivity contribution in [2.24, 2.45) is 11.8 Å². The maximum absolute atomic E-state index is 6.64. The molecule has 7 aromatic carbocycles. The average Bonchev–Trinajstić information content (AvgIpc) is 3.53. The Kier molecular flexibility index (Phi) is 5.77. The third kappa shape index (κ3) is 4.03. The number of fused-ring (bicyclic) bond motifs is 8. The van der Waals surface area contributed by atoms with Crippen LogP contribution >= 0.6 is 0 Å². The Morgan fingerprint density at radius 1 is 0.426 bits per heavy atom. The van der Waals surface area contributed by atoms with Crippen molar-refractivity contribution in [1.82, 2.24) is 0 Å². The monoisotopic (exact) mass is 598 g/mol. The normalized spacial score (nSPS) is 17.1. The average molecular weight is 599 g/mol. The van der Waals surface area contributed by atoms with Crippen molar-refractivity contribution in [3.05, 3.63) is 191 Å². The number of rotatable bonds is 3. The van der Waals surface area contributed by atoms with Crippen LogP contribution < -0.4 is 10.4 Å². The molecule has 2 aliphatic rings. The molecule has 220 valence electrons. The molecule has 8 aromatic rings. The summed E-state index contributed by atoms with van der Waals surface area (Å²) in [4.78, 5) is 0. The van der Waals surface area contributed by atoms with E-state index in [1.54, 1.807) is 0 Å². The minimum absolute atomic E-state index is 0.187. The van der Waals surface area contributed by atoms with Gasteiger partial charge in [-0.05, 0) is 84.3 Å². The lowest BCUT2D eigenvalue weighted by atomic mass is 9.69. The number of benzene rings is 7. The molecule has 0 N–H and O–H groups in total. The molecule has 1 heteroatoms. The third-order valence-corrected chi connectivity index (χ3v) is 10.2. The first-order valence-electron chi connectivity index (χ1n) is 16.4. The number of hydrogen-bond donors (Lipinski definition) is 0. The largest absolute Gasteiger partial charge is 0.455 e. The van der Waals surface area contributed by atoms with Gasteiger partial charge in [0.25, 0.3) is 0 Å². The van der Waals surface area contributed by atoms with Crippen molar-refractivity contribution < 1.29 is 4.42 Å². The molecule has 10 rings (SSSR count). The van der Waals surface area contributed by atoms with Crippen molar-refractivity contribution >= 4 is 54.6 Å². The van der Waals surface area contributed by atoms with Crippen LogP contribution in [0.5, 0.6) is 0 Å². The van der Waals surface area contributed by atoms with E-state index in [1.165, 1.54) is 70.8 Å². The Morgan fingerprint density at radius 2 is 1.11 bits per heavy atom. The third-order valence-electron chi connectivity index (χ3n) is 10.2. The van der Waals surface area contributed by atoms with Gasteiger partial charge < -0.3 is 4.42 Å². The Hall–Kier alpha value is -5.92. The van der Waals surface area contributed by atoms with Gasteiger partial charge in [0.05, 0.1) is 0 Å². The lowest BCUT2D eigenvalue weighted by Gasteiger charge is -2.33. The van der Waals surface area contributed by atoms with Gasteiger partial charge in [0, 0.05) is 28.0 Å². The zero-order valence-corrected chi connectivity index (χ0v) is 25.7. The molecule has 0 aliphatic heterocycles. The molecule has 0 saturated carbocycles. The minimum Gasteiger partial charge on any atom is -0.455 e. The first-order chi connectivity index (χ1) is 23.3. The molecule has 0 radical (unpaired) electrons. The Morgan fingerprint density at radius 3 is 1.96 bits per heavy atom. The molecule has 0 bridgehead atoms. The molecule has 2 aliphatic carbocycles. The molecule has 1 heterocycles. The highest BCUT2D eigenvalue weighted by Gasteiger charge is 2.33. The summed E-state index contributed by atoms with van der Waals surface area (Å²) in [6, 6.07) is 53.0. The summed E-state index contributed by atoms with van der Waals surface area (Å²) in [6.45, 7) is 0. The van der Waals surface area contributed by atoms with E-state index in [1.807, 2.05) is 0 Å². The Bertz CT molecular complexity index is 2740. The maximum atomic E-state index is 6.64.